The Kier molecular flexibility index (Phi) is 2.14. The highest BCUT2D eigenvalue weighted by Crippen LogP contribution is 2.13. The summed E-state index contributed by atoms with van der Waals surface area (Å²) in [6.07, 6.45) is 1.81. The SMILES string of the molecule is CC(C)(C(=O)O)n1cc(C=O)nn1. The van der Waals surface area contributed by atoms with Gasteiger partial charge < -0.3 is 5.11 Å². The second kappa shape index (κ2) is 2.96. The third-order valence-electron chi connectivity index (χ3n) is 1.73. The molecule has 0 aliphatic rings. The lowest BCUT2D eigenvalue weighted by Gasteiger charge is -2.18. The Hall–Kier alpha value is -1.72. The van der Waals surface area contributed by atoms with Crippen molar-refractivity contribution in [2.75, 3.05) is 0 Å². The van der Waals surface area contributed by atoms with Crippen LogP contribution in [0.5, 0.6) is 0 Å². The van der Waals surface area contributed by atoms with E-state index in [1.807, 2.05) is 0 Å². The number of carboxylic acids is 1. The average molecular weight is 183 g/mol. The van der Waals surface area contributed by atoms with Crippen molar-refractivity contribution in [2.24, 2.45) is 0 Å². The topological polar surface area (TPSA) is 85.1 Å². The van der Waals surface area contributed by atoms with E-state index in [9.17, 15) is 9.59 Å². The van der Waals surface area contributed by atoms with Gasteiger partial charge in [0.15, 0.2) is 11.8 Å². The van der Waals surface area contributed by atoms with Gasteiger partial charge in [0.2, 0.25) is 0 Å². The maximum Gasteiger partial charge on any atom is 0.331 e. The first-order chi connectivity index (χ1) is 5.98. The van der Waals surface area contributed by atoms with Gasteiger partial charge in [0, 0.05) is 0 Å². The van der Waals surface area contributed by atoms with Gasteiger partial charge in [-0.3, -0.25) is 4.79 Å². The molecule has 1 N–H and O–H groups in total. The lowest BCUT2D eigenvalue weighted by atomic mass is 10.1. The highest BCUT2D eigenvalue weighted by molar-refractivity contribution is 5.76. The fraction of sp³-hybridized carbons (Fsp3) is 0.429. The molecule has 0 aromatic carbocycles. The lowest BCUT2D eigenvalue weighted by Crippen LogP contribution is -2.36. The maximum absolute atomic E-state index is 10.7. The van der Waals surface area contributed by atoms with Gasteiger partial charge in [-0.15, -0.1) is 5.10 Å². The number of nitrogens with zero attached hydrogens (tertiary/aromatic N) is 3. The molecule has 0 unspecified atom stereocenters. The molecule has 1 aromatic heterocycles. The summed E-state index contributed by atoms with van der Waals surface area (Å²) in [5.41, 5.74) is -1.07. The van der Waals surface area contributed by atoms with E-state index in [0.717, 1.165) is 4.68 Å². The second-order valence-electron chi connectivity index (χ2n) is 3.07. The van der Waals surface area contributed by atoms with E-state index in [4.69, 9.17) is 5.11 Å². The van der Waals surface area contributed by atoms with Crippen molar-refractivity contribution in [1.29, 1.82) is 0 Å². The van der Waals surface area contributed by atoms with Gasteiger partial charge in [-0.1, -0.05) is 5.21 Å². The molecule has 0 aliphatic carbocycles. The van der Waals surface area contributed by atoms with Crippen molar-refractivity contribution in [2.45, 2.75) is 19.4 Å². The first kappa shape index (κ1) is 9.37. The van der Waals surface area contributed by atoms with E-state index in [-0.39, 0.29) is 5.69 Å². The molecule has 0 bridgehead atoms. The first-order valence-electron chi connectivity index (χ1n) is 3.60. The summed E-state index contributed by atoms with van der Waals surface area (Å²) in [5.74, 6) is -1.03. The Morgan fingerprint density at radius 1 is 1.69 bits per heavy atom. The number of carbonyl (C=O) groups is 2. The van der Waals surface area contributed by atoms with E-state index in [0.29, 0.717) is 6.29 Å². The molecular weight excluding hydrogens is 174 g/mol. The van der Waals surface area contributed by atoms with Crippen LogP contribution in [0.15, 0.2) is 6.20 Å². The van der Waals surface area contributed by atoms with E-state index in [2.05, 4.69) is 10.3 Å². The number of aliphatic carboxylic acids is 1. The number of carbonyl (C=O) groups excluding carboxylic acids is 1. The Morgan fingerprint density at radius 2 is 2.31 bits per heavy atom. The first-order valence-corrected chi connectivity index (χ1v) is 3.60. The minimum absolute atomic E-state index is 0.120. The zero-order valence-corrected chi connectivity index (χ0v) is 7.26. The summed E-state index contributed by atoms with van der Waals surface area (Å²) in [4.78, 5) is 21.0. The molecule has 0 aliphatic heterocycles. The van der Waals surface area contributed by atoms with Crippen LogP contribution in [-0.2, 0) is 10.3 Å². The number of carboxylic acid groups (broad SMARTS) is 1. The Bertz CT molecular complexity index is 343. The molecule has 0 saturated heterocycles. The van der Waals surface area contributed by atoms with Crippen LogP contribution in [-0.4, -0.2) is 32.4 Å². The molecule has 0 fully saturated rings. The zero-order chi connectivity index (χ0) is 10.1. The van der Waals surface area contributed by atoms with Gasteiger partial charge in [0.1, 0.15) is 5.69 Å². The summed E-state index contributed by atoms with van der Waals surface area (Å²) in [6, 6.07) is 0. The van der Waals surface area contributed by atoms with Gasteiger partial charge in [0.05, 0.1) is 6.20 Å². The largest absolute Gasteiger partial charge is 0.479 e. The lowest BCUT2D eigenvalue weighted by molar-refractivity contribution is -0.146. The van der Waals surface area contributed by atoms with E-state index >= 15 is 0 Å². The average Bonchev–Trinajstić information content (AvgIpc) is 2.51. The van der Waals surface area contributed by atoms with Gasteiger partial charge in [-0.05, 0) is 13.8 Å². The summed E-state index contributed by atoms with van der Waals surface area (Å²) in [7, 11) is 0. The van der Waals surface area contributed by atoms with Gasteiger partial charge in [-0.25, -0.2) is 9.48 Å². The fourth-order valence-corrected chi connectivity index (χ4v) is 0.702. The molecule has 1 aromatic rings. The molecular formula is C7H9N3O3. The van der Waals surface area contributed by atoms with Crippen molar-refractivity contribution >= 4 is 12.3 Å². The van der Waals surface area contributed by atoms with Crippen LogP contribution >= 0.6 is 0 Å². The summed E-state index contributed by atoms with van der Waals surface area (Å²) in [5, 5.41) is 15.8. The Balaban J connectivity index is 3.07. The predicted molar refractivity (Wildman–Crippen MR) is 42.4 cm³/mol. The third kappa shape index (κ3) is 1.56. The molecule has 13 heavy (non-hydrogen) atoms. The number of hydrogen-bond donors (Lipinski definition) is 1. The normalized spacial score (nSPS) is 11.2. The van der Waals surface area contributed by atoms with Crippen LogP contribution in [0.3, 0.4) is 0 Å². The van der Waals surface area contributed by atoms with Crippen molar-refractivity contribution in [3.05, 3.63) is 11.9 Å². The molecule has 0 radical (unpaired) electrons. The minimum atomic E-state index is -1.19. The standard InChI is InChI=1S/C7H9N3O3/c1-7(2,6(12)13)10-3-5(4-11)8-9-10/h3-4H,1-2H3,(H,12,13). The molecule has 0 atom stereocenters. The minimum Gasteiger partial charge on any atom is -0.479 e. The second-order valence-corrected chi connectivity index (χ2v) is 3.07. The van der Waals surface area contributed by atoms with Crippen LogP contribution in [0.4, 0.5) is 0 Å². The smallest absolute Gasteiger partial charge is 0.331 e. The zero-order valence-electron chi connectivity index (χ0n) is 7.26. The van der Waals surface area contributed by atoms with Crippen molar-refractivity contribution in [1.82, 2.24) is 15.0 Å². The molecule has 6 nitrogen and oxygen atoms in total. The number of aromatic nitrogens is 3. The molecule has 0 spiro atoms. The molecule has 6 heteroatoms. The van der Waals surface area contributed by atoms with Gasteiger partial charge in [-0.2, -0.15) is 0 Å². The number of rotatable bonds is 3. The predicted octanol–water partition coefficient (Wildman–Crippen LogP) is -0.0897. The summed E-state index contributed by atoms with van der Waals surface area (Å²) in [6.45, 7) is 2.94. The molecule has 0 saturated carbocycles. The van der Waals surface area contributed by atoms with Crippen LogP contribution in [0.2, 0.25) is 0 Å². The third-order valence-corrected chi connectivity index (χ3v) is 1.73. The Labute approximate surface area is 74.2 Å². The van der Waals surface area contributed by atoms with Crippen molar-refractivity contribution in [3.63, 3.8) is 0 Å². The molecule has 70 valence electrons. The van der Waals surface area contributed by atoms with E-state index < -0.39 is 11.5 Å². The van der Waals surface area contributed by atoms with Crippen LogP contribution in [0.25, 0.3) is 0 Å². The maximum atomic E-state index is 10.7. The van der Waals surface area contributed by atoms with Crippen molar-refractivity contribution in [3.8, 4) is 0 Å². The van der Waals surface area contributed by atoms with Gasteiger partial charge in [0.25, 0.3) is 0 Å². The Morgan fingerprint density at radius 3 is 2.69 bits per heavy atom. The van der Waals surface area contributed by atoms with Gasteiger partial charge >= 0.3 is 5.97 Å². The van der Waals surface area contributed by atoms with Crippen molar-refractivity contribution < 1.29 is 14.7 Å². The molecule has 0 amide bonds. The fourth-order valence-electron chi connectivity index (χ4n) is 0.702. The summed E-state index contributed by atoms with van der Waals surface area (Å²) >= 11 is 0. The monoisotopic (exact) mass is 183 g/mol. The highest BCUT2D eigenvalue weighted by atomic mass is 16.4. The quantitative estimate of drug-likeness (QED) is 0.662. The van der Waals surface area contributed by atoms with Crippen LogP contribution in [0.1, 0.15) is 24.3 Å². The number of aldehydes is 1. The summed E-state index contributed by atoms with van der Waals surface area (Å²) < 4.78 is 1.14. The van der Waals surface area contributed by atoms with Crippen LogP contribution in [0, 0.1) is 0 Å². The highest BCUT2D eigenvalue weighted by Gasteiger charge is 2.30. The molecule has 1 heterocycles. The van der Waals surface area contributed by atoms with Crippen LogP contribution < -0.4 is 0 Å². The number of hydrogen-bond acceptors (Lipinski definition) is 4. The molecule has 1 rings (SSSR count). The van der Waals surface area contributed by atoms with E-state index in [1.165, 1.54) is 20.0 Å². The van der Waals surface area contributed by atoms with E-state index in [1.54, 1.807) is 0 Å².